The van der Waals surface area contributed by atoms with E-state index in [9.17, 15) is 4.79 Å². The average molecular weight is 107 g/mol. The number of rotatable bonds is 0. The van der Waals surface area contributed by atoms with E-state index in [1.165, 1.54) is 0 Å². The van der Waals surface area contributed by atoms with Gasteiger partial charge in [-0.3, -0.25) is 4.89 Å². The van der Waals surface area contributed by atoms with Crippen LogP contribution in [-0.4, -0.2) is 6.09 Å². The lowest BCUT2D eigenvalue weighted by molar-refractivity contribution is -0.107. The van der Waals surface area contributed by atoms with E-state index in [-0.39, 0.29) is 0 Å². The minimum atomic E-state index is -0.556. The third kappa shape index (κ3) is 0.550. The summed E-state index contributed by atoms with van der Waals surface area (Å²) in [6.07, 6.45) is -0.556. The summed E-state index contributed by atoms with van der Waals surface area (Å²) in [7, 11) is 0. The fraction of sp³-hybridized carbons (Fsp3) is 0. The molecule has 34 valence electrons. The molecule has 1 aliphatic heterocycles. The smallest absolute Gasteiger partial charge is 0.260 e. The number of nitrogens with one attached hydrogen (secondary N) is 1. The van der Waals surface area contributed by atoms with E-state index in [0.717, 1.165) is 12.2 Å². The van der Waals surface area contributed by atoms with Crippen LogP contribution in [0, 0.1) is 0 Å². The molecule has 4 nitrogen and oxygen atoms in total. The van der Waals surface area contributed by atoms with Crippen LogP contribution < -0.4 is 4.72 Å². The van der Waals surface area contributed by atoms with Gasteiger partial charge < -0.3 is 0 Å². The first-order valence-electron chi connectivity index (χ1n) is 1.20. The van der Waals surface area contributed by atoms with E-state index in [4.69, 9.17) is 0 Å². The van der Waals surface area contributed by atoms with Crippen LogP contribution in [0.25, 0.3) is 0 Å². The van der Waals surface area contributed by atoms with Crippen molar-refractivity contribution in [2.45, 2.75) is 0 Å². The largest absolute Gasteiger partial charge is 0.451 e. The molecule has 6 heavy (non-hydrogen) atoms. The second-order valence-corrected chi connectivity index (χ2v) is 1.13. The zero-order valence-electron chi connectivity index (χ0n) is 2.63. The Labute approximate surface area is 38.1 Å². The quantitative estimate of drug-likeness (QED) is 0.273. The molecule has 0 unspecified atom stereocenters. The first-order chi connectivity index (χ1) is 2.89. The molecule has 1 rings (SSSR count). The third-order valence-electron chi connectivity index (χ3n) is 0.269. The Hall–Kier alpha value is -0.420. The second-order valence-electron chi connectivity index (χ2n) is 0.624. The molecule has 1 amide bonds. The molecule has 0 aliphatic carbocycles. The predicted octanol–water partition coefficient (Wildman–Crippen LogP) is 0.221. The summed E-state index contributed by atoms with van der Waals surface area (Å²) < 4.78 is 6.17. The molecule has 5 heteroatoms. The molecule has 1 aliphatic rings. The van der Waals surface area contributed by atoms with Crippen molar-refractivity contribution in [3.05, 3.63) is 0 Å². The number of hydrogen-bond acceptors (Lipinski definition) is 4. The van der Waals surface area contributed by atoms with Crippen LogP contribution in [-0.2, 0) is 9.22 Å². The van der Waals surface area contributed by atoms with Crippen molar-refractivity contribution in [3.63, 3.8) is 0 Å². The Morgan fingerprint density at radius 2 is 2.67 bits per heavy atom. The molecule has 1 saturated heterocycles. The van der Waals surface area contributed by atoms with Crippen molar-refractivity contribution in [1.29, 1.82) is 0 Å². The highest BCUT2D eigenvalue weighted by molar-refractivity contribution is 7.93. The van der Waals surface area contributed by atoms with E-state index in [1.807, 2.05) is 0 Å². The van der Waals surface area contributed by atoms with E-state index < -0.39 is 6.09 Å². The molecule has 0 aromatic rings. The number of amides is 1. The maximum Gasteiger partial charge on any atom is 0.451 e. The Morgan fingerprint density at radius 3 is 2.83 bits per heavy atom. The number of carbonyl (C=O) groups is 1. The molecular formula is CHNO3S. The molecule has 1 N–H and O–H groups in total. The first-order valence-corrected chi connectivity index (χ1v) is 1.94. The highest BCUT2D eigenvalue weighted by Gasteiger charge is 2.10. The molecule has 1 fully saturated rings. The van der Waals surface area contributed by atoms with Gasteiger partial charge in [-0.1, -0.05) is 4.33 Å². The van der Waals surface area contributed by atoms with Crippen molar-refractivity contribution in [3.8, 4) is 0 Å². The van der Waals surface area contributed by atoms with Crippen molar-refractivity contribution in [1.82, 2.24) is 4.72 Å². The fourth-order valence-corrected chi connectivity index (χ4v) is 0.348. The van der Waals surface area contributed by atoms with Crippen molar-refractivity contribution >= 4 is 18.3 Å². The summed E-state index contributed by atoms with van der Waals surface area (Å²) in [5, 5.41) is 0. The van der Waals surface area contributed by atoms with Crippen LogP contribution in [0.4, 0.5) is 4.79 Å². The molecular weight excluding hydrogens is 106 g/mol. The van der Waals surface area contributed by atoms with Crippen LogP contribution in [0.15, 0.2) is 0 Å². The van der Waals surface area contributed by atoms with Crippen LogP contribution in [0.5, 0.6) is 0 Å². The lowest BCUT2D eigenvalue weighted by atomic mass is 11.3. The summed E-state index contributed by atoms with van der Waals surface area (Å²) >= 11 is 0.760. The topological polar surface area (TPSA) is 47.6 Å². The van der Waals surface area contributed by atoms with Crippen molar-refractivity contribution in [2.75, 3.05) is 0 Å². The van der Waals surface area contributed by atoms with E-state index in [0.29, 0.717) is 0 Å². The summed E-state index contributed by atoms with van der Waals surface area (Å²) in [5.41, 5.74) is 0. The predicted molar refractivity (Wildman–Crippen MR) is 18.3 cm³/mol. The molecule has 1 heterocycles. The fourth-order valence-electron chi connectivity index (χ4n) is 0.116. The van der Waals surface area contributed by atoms with Crippen molar-refractivity contribution < 1.29 is 14.0 Å². The maximum absolute atomic E-state index is 9.76. The molecule has 0 aromatic carbocycles. The van der Waals surface area contributed by atoms with Crippen LogP contribution in [0.1, 0.15) is 0 Å². The Balaban J connectivity index is 2.37. The van der Waals surface area contributed by atoms with Gasteiger partial charge >= 0.3 is 6.09 Å². The first kappa shape index (κ1) is 3.76. The monoisotopic (exact) mass is 107 g/mol. The van der Waals surface area contributed by atoms with Gasteiger partial charge in [0.15, 0.2) is 12.2 Å². The van der Waals surface area contributed by atoms with Gasteiger partial charge in [-0.25, -0.2) is 9.52 Å². The van der Waals surface area contributed by atoms with Gasteiger partial charge in [0, 0.05) is 0 Å². The summed E-state index contributed by atoms with van der Waals surface area (Å²) in [6.45, 7) is 0. The number of hydrogen-bond donors (Lipinski definition) is 1. The highest BCUT2D eigenvalue weighted by atomic mass is 32.2. The summed E-state index contributed by atoms with van der Waals surface area (Å²) in [6, 6.07) is 0. The molecule has 0 spiro atoms. The zero-order chi connectivity index (χ0) is 4.41. The summed E-state index contributed by atoms with van der Waals surface area (Å²) in [5.74, 6) is 0. The molecule has 0 aromatic heterocycles. The second kappa shape index (κ2) is 1.36. The van der Waals surface area contributed by atoms with Crippen LogP contribution in [0.3, 0.4) is 0 Å². The van der Waals surface area contributed by atoms with Gasteiger partial charge in [-0.2, -0.15) is 0 Å². The summed E-state index contributed by atoms with van der Waals surface area (Å²) in [4.78, 5) is 13.6. The minimum absolute atomic E-state index is 0.556. The van der Waals surface area contributed by atoms with Gasteiger partial charge in [-0.15, -0.1) is 0 Å². The Morgan fingerprint density at radius 1 is 1.83 bits per heavy atom. The van der Waals surface area contributed by atoms with Gasteiger partial charge in [-0.05, 0) is 0 Å². The highest BCUT2D eigenvalue weighted by Crippen LogP contribution is 2.04. The zero-order valence-corrected chi connectivity index (χ0v) is 3.45. The lowest BCUT2D eigenvalue weighted by Gasteiger charge is -1.73. The van der Waals surface area contributed by atoms with E-state index in [1.54, 1.807) is 0 Å². The molecule has 0 radical (unpaired) electrons. The lowest BCUT2D eigenvalue weighted by Crippen LogP contribution is -2.04. The standard InChI is InChI=1S/CHNO3S/c3-1-2-6-5-4-1/h(H,2,3). The Bertz CT molecular complexity index is 65.2. The van der Waals surface area contributed by atoms with E-state index in [2.05, 4.69) is 13.9 Å². The molecule has 0 atom stereocenters. The normalized spacial score (nSPS) is 19.7. The molecule has 0 saturated carbocycles. The van der Waals surface area contributed by atoms with Gasteiger partial charge in [0.05, 0.1) is 0 Å². The average Bonchev–Trinajstić information content (AvgIpc) is 1.86. The minimum Gasteiger partial charge on any atom is -0.260 e. The Kier molecular flexibility index (Phi) is 0.849. The van der Waals surface area contributed by atoms with Gasteiger partial charge in [0.25, 0.3) is 0 Å². The maximum atomic E-state index is 9.76. The third-order valence-corrected chi connectivity index (χ3v) is 0.655. The van der Waals surface area contributed by atoms with Gasteiger partial charge in [0.2, 0.25) is 0 Å². The van der Waals surface area contributed by atoms with E-state index >= 15 is 0 Å². The van der Waals surface area contributed by atoms with Crippen LogP contribution in [0.2, 0.25) is 0 Å². The van der Waals surface area contributed by atoms with Crippen LogP contribution >= 0.6 is 12.2 Å². The molecule has 0 bridgehead atoms. The van der Waals surface area contributed by atoms with Gasteiger partial charge in [0.1, 0.15) is 0 Å². The SMILES string of the molecule is O=C1NSOO1. The van der Waals surface area contributed by atoms with Crippen molar-refractivity contribution in [2.24, 2.45) is 0 Å². The number of carbonyl (C=O) groups excluding carboxylic acids is 1.